The first kappa shape index (κ1) is 44.0. The topological polar surface area (TPSA) is 46.1 Å². The van der Waals surface area contributed by atoms with Gasteiger partial charge in [-0.15, -0.1) is 6.58 Å². The van der Waals surface area contributed by atoms with Crippen LogP contribution in [0.1, 0.15) is 16.7 Å². The molecule has 4 rings (SSSR count). The molecule has 0 amide bonds. The summed E-state index contributed by atoms with van der Waals surface area (Å²) in [5, 5.41) is 18.9. The molecule has 0 bridgehead atoms. The van der Waals surface area contributed by atoms with Gasteiger partial charge in [0.05, 0.1) is 17.0 Å². The number of rotatable bonds is 5. The predicted molar refractivity (Wildman–Crippen MR) is 115 cm³/mol. The van der Waals surface area contributed by atoms with Gasteiger partial charge in [-0.25, -0.2) is 83.4 Å². The van der Waals surface area contributed by atoms with Crippen LogP contribution in [0.15, 0.2) is 24.3 Å². The Morgan fingerprint density at radius 1 is 0.460 bits per heavy atom. The molecule has 0 aliphatic heterocycles. The minimum absolute atomic E-state index is 0. The number of halogens is 19. The average molecular weight is 766 g/mol. The van der Waals surface area contributed by atoms with Crippen LogP contribution in [0, 0.1) is 93.2 Å². The fourth-order valence-electron chi connectivity index (χ4n) is 5.57. The van der Waals surface area contributed by atoms with Gasteiger partial charge in [-0.3, -0.25) is 0 Å². The minimum Gasteiger partial charge on any atom is -0.892 e. The summed E-state index contributed by atoms with van der Waals surface area (Å²) >= 11 is 0. The van der Waals surface area contributed by atoms with E-state index in [2.05, 4.69) is 6.58 Å². The molecule has 258 valence electrons. The third-order valence-corrected chi connectivity index (χ3v) is 7.62. The molecule has 0 heterocycles. The third-order valence-electron chi connectivity index (χ3n) is 7.62. The zero-order chi connectivity index (χ0) is 36.9. The van der Waals surface area contributed by atoms with E-state index in [0.29, 0.717) is 0 Å². The maximum atomic E-state index is 18.1. The Hall–Kier alpha value is -2.21. The van der Waals surface area contributed by atoms with Crippen molar-refractivity contribution in [3.63, 3.8) is 0 Å². The summed E-state index contributed by atoms with van der Waals surface area (Å²) in [5.41, 5.74) is -25.0. The number of benzene rings is 3. The molecule has 24 heteroatoms. The molecule has 0 spiro atoms. The van der Waals surface area contributed by atoms with Crippen LogP contribution in [0.2, 0.25) is 0 Å². The maximum Gasteiger partial charge on any atom is 1.00 e. The Kier molecular flexibility index (Phi) is 12.6. The molecule has 4 unspecified atom stereocenters. The van der Waals surface area contributed by atoms with E-state index in [9.17, 15) is 49.6 Å². The van der Waals surface area contributed by atoms with Crippen molar-refractivity contribution in [2.24, 2.45) is 5.92 Å². The van der Waals surface area contributed by atoms with Crippen LogP contribution in [-0.2, 0) is 16.7 Å². The van der Waals surface area contributed by atoms with Gasteiger partial charge in [0.25, 0.3) is 0 Å². The second-order valence-corrected chi connectivity index (χ2v) is 9.72. The molecule has 1 aliphatic carbocycles. The largest absolute Gasteiger partial charge is 1.00 e. The number of hydrogen-bond acceptors (Lipinski definition) is 2. The van der Waals surface area contributed by atoms with Gasteiger partial charge in [-0.2, -0.15) is 0 Å². The van der Waals surface area contributed by atoms with Crippen LogP contribution in [0.3, 0.4) is 0 Å². The number of allylic oxidation sites excluding steroid dienone is 3. The second-order valence-electron chi connectivity index (χ2n) is 9.72. The van der Waals surface area contributed by atoms with E-state index < -0.39 is 151 Å². The van der Waals surface area contributed by atoms with Crippen molar-refractivity contribution in [3.05, 3.63) is 128 Å². The van der Waals surface area contributed by atoms with E-state index in [1.54, 1.807) is 0 Å². The molecule has 0 fully saturated rings. The maximum absolute atomic E-state index is 18.1. The van der Waals surface area contributed by atoms with Crippen molar-refractivity contribution in [3.8, 4) is 0 Å². The molecular weight excluding hydrogens is 762 g/mol. The molecule has 0 radical (unpaired) electrons. The standard InChI is InChI=1S/C26H4BF19O2.2Na/c1-2-3-7(28)23(44)24(27(47)48,4-8(29)14(35)20(41)15(36)9(4)30)26(46,6-12(33)18(39)22(43)19(40)13(6)34)25(3,45)5-10(31)16(37)21(42)17(38)11(5)32;;/h2-3H,1H2;;/q-2;2*+1. The predicted octanol–water partition coefficient (Wildman–Crippen LogP) is 0.463. The normalized spacial score (nSPS) is 23.4. The first-order chi connectivity index (χ1) is 22.0. The van der Waals surface area contributed by atoms with Crippen LogP contribution < -0.4 is 69.2 Å². The van der Waals surface area contributed by atoms with Gasteiger partial charge >= 0.3 is 59.1 Å². The summed E-state index contributed by atoms with van der Waals surface area (Å²) in [7, 11) is -5.53. The molecular formula is C26H4BF19Na2O2. The van der Waals surface area contributed by atoms with Crippen molar-refractivity contribution in [1.82, 2.24) is 0 Å². The van der Waals surface area contributed by atoms with Gasteiger partial charge in [-0.05, 0) is 0 Å². The molecule has 0 N–H and O–H groups in total. The van der Waals surface area contributed by atoms with E-state index in [-0.39, 0.29) is 59.1 Å². The molecule has 3 aromatic carbocycles. The summed E-state index contributed by atoms with van der Waals surface area (Å²) < 4.78 is 287. The van der Waals surface area contributed by atoms with Gasteiger partial charge < -0.3 is 10.0 Å². The van der Waals surface area contributed by atoms with E-state index in [0.717, 1.165) is 0 Å². The molecule has 2 nitrogen and oxygen atoms in total. The van der Waals surface area contributed by atoms with Crippen molar-refractivity contribution in [1.29, 1.82) is 0 Å². The van der Waals surface area contributed by atoms with Crippen LogP contribution in [0.25, 0.3) is 0 Å². The first-order valence-electron chi connectivity index (χ1n) is 11.9. The van der Waals surface area contributed by atoms with Gasteiger partial charge in [-0.1, -0.05) is 13.2 Å². The quantitative estimate of drug-likeness (QED) is 0.125. The average Bonchev–Trinajstić information content (AvgIpc) is 3.03. The Morgan fingerprint density at radius 2 is 0.720 bits per heavy atom. The van der Waals surface area contributed by atoms with Crippen LogP contribution in [-0.4, -0.2) is 7.12 Å². The molecule has 50 heavy (non-hydrogen) atoms. The Morgan fingerprint density at radius 3 is 1.00 bits per heavy atom. The van der Waals surface area contributed by atoms with Gasteiger partial charge in [0, 0.05) is 10.9 Å². The van der Waals surface area contributed by atoms with Crippen LogP contribution in [0.4, 0.5) is 83.4 Å². The van der Waals surface area contributed by atoms with Gasteiger partial charge in [0.15, 0.2) is 81.1 Å². The van der Waals surface area contributed by atoms with E-state index in [1.165, 1.54) is 0 Å². The molecule has 0 saturated heterocycles. The van der Waals surface area contributed by atoms with Crippen molar-refractivity contribution in [2.75, 3.05) is 0 Å². The SMILES string of the molecule is C=CC1C(F)=C(F)C(B([O-])[O-])(c2c(F)c(F)c(F)c(F)c2F)C(F)(c2c(F)c(F)c(F)c(F)c2F)C1(F)c1c(F)c(F)c(F)c(F)c1F.[Na+].[Na+]. The number of hydrogen-bond donors (Lipinski definition) is 0. The Bertz CT molecular complexity index is 1890. The van der Waals surface area contributed by atoms with E-state index >= 15 is 43.9 Å². The number of alkyl halides is 2. The van der Waals surface area contributed by atoms with Crippen molar-refractivity contribution < 1.29 is 153 Å². The summed E-state index contributed by atoms with van der Waals surface area (Å²) in [4.78, 5) is 0. The third kappa shape index (κ3) is 5.13. The monoisotopic (exact) mass is 766 g/mol. The van der Waals surface area contributed by atoms with E-state index in [1.807, 2.05) is 0 Å². The molecule has 0 saturated carbocycles. The van der Waals surface area contributed by atoms with Crippen LogP contribution >= 0.6 is 0 Å². The van der Waals surface area contributed by atoms with Crippen molar-refractivity contribution >= 4 is 7.12 Å². The molecule has 1 aliphatic rings. The molecule has 0 aromatic heterocycles. The summed E-state index contributed by atoms with van der Waals surface area (Å²) in [6.45, 7) is 2.48. The molecule has 4 atom stereocenters. The summed E-state index contributed by atoms with van der Waals surface area (Å²) in [6.07, 6.45) is -0.694. The summed E-state index contributed by atoms with van der Waals surface area (Å²) in [6, 6.07) is 0. The second kappa shape index (κ2) is 14.3. The first-order valence-corrected chi connectivity index (χ1v) is 11.9. The fourth-order valence-corrected chi connectivity index (χ4v) is 5.57. The zero-order valence-corrected chi connectivity index (χ0v) is 27.9. The minimum atomic E-state index is -7.03. The summed E-state index contributed by atoms with van der Waals surface area (Å²) in [5.74, 6) is -66.3. The van der Waals surface area contributed by atoms with Gasteiger partial charge in [0.1, 0.15) is 11.7 Å². The van der Waals surface area contributed by atoms with Gasteiger partial charge in [0.2, 0.25) is 17.5 Å². The fraction of sp³-hybridized carbons (Fsp3) is 0.154. The Labute approximate surface area is 309 Å². The smallest absolute Gasteiger partial charge is 0.892 e. The van der Waals surface area contributed by atoms with Crippen molar-refractivity contribution in [2.45, 2.75) is 16.7 Å². The molecule has 3 aromatic rings. The van der Waals surface area contributed by atoms with Crippen LogP contribution in [0.5, 0.6) is 0 Å². The zero-order valence-electron chi connectivity index (χ0n) is 23.9. The Balaban J connectivity index is 0.00000433. The van der Waals surface area contributed by atoms with E-state index in [4.69, 9.17) is 0 Å².